The van der Waals surface area contributed by atoms with E-state index in [1.165, 1.54) is 15.9 Å². The first-order valence-electron chi connectivity index (χ1n) is 9.64. The molecule has 0 spiro atoms. The molecule has 0 aliphatic rings. The molecular formula is C23H20ClN3O3S. The summed E-state index contributed by atoms with van der Waals surface area (Å²) in [4.78, 5) is 39.4. The number of para-hydroxylation sites is 1. The van der Waals surface area contributed by atoms with Crippen LogP contribution in [-0.2, 0) is 11.3 Å². The van der Waals surface area contributed by atoms with Gasteiger partial charge in [-0.25, -0.2) is 9.36 Å². The number of nitrogens with one attached hydrogen (secondary N) is 1. The molecule has 4 rings (SSSR count). The Bertz CT molecular complexity index is 1430. The van der Waals surface area contributed by atoms with Crippen molar-refractivity contribution in [1.82, 2.24) is 9.13 Å². The summed E-state index contributed by atoms with van der Waals surface area (Å²) in [6.07, 6.45) is 0. The zero-order chi connectivity index (χ0) is 22.3. The fraction of sp³-hybridized carbons (Fsp3) is 0.174. The van der Waals surface area contributed by atoms with Gasteiger partial charge in [-0.3, -0.25) is 14.2 Å². The van der Waals surface area contributed by atoms with E-state index in [2.05, 4.69) is 5.32 Å². The van der Waals surface area contributed by atoms with E-state index in [1.807, 2.05) is 32.9 Å². The molecule has 0 unspecified atom stereocenters. The lowest BCUT2D eigenvalue weighted by atomic mass is 10.1. The van der Waals surface area contributed by atoms with Gasteiger partial charge in [0.2, 0.25) is 5.91 Å². The third-order valence-corrected chi connectivity index (χ3v) is 6.57. The van der Waals surface area contributed by atoms with Crippen molar-refractivity contribution in [3.05, 3.63) is 90.4 Å². The standard InChI is InChI=1S/C23H20ClN3O3S/c1-13-6-5-9-17(15(13)3)27-22(29)21-18(10-11-31-21)26(23(27)30)12-19(28)25-20-14(2)7-4-8-16(20)24/h4-11H,12H2,1-3H3,(H,25,28). The van der Waals surface area contributed by atoms with Crippen molar-refractivity contribution in [3.63, 3.8) is 0 Å². The Balaban J connectivity index is 1.84. The molecule has 1 N–H and O–H groups in total. The van der Waals surface area contributed by atoms with Crippen LogP contribution >= 0.6 is 22.9 Å². The maximum atomic E-state index is 13.4. The molecule has 2 aromatic heterocycles. The third kappa shape index (κ3) is 3.71. The molecule has 31 heavy (non-hydrogen) atoms. The average Bonchev–Trinajstić information content (AvgIpc) is 3.21. The van der Waals surface area contributed by atoms with E-state index in [1.54, 1.807) is 35.7 Å². The van der Waals surface area contributed by atoms with Gasteiger partial charge in [0.25, 0.3) is 5.56 Å². The Morgan fingerprint density at radius 3 is 2.48 bits per heavy atom. The second kappa shape index (κ2) is 8.17. The Kier molecular flexibility index (Phi) is 5.56. The smallest absolute Gasteiger partial charge is 0.323 e. The molecule has 4 aromatic rings. The van der Waals surface area contributed by atoms with Crippen molar-refractivity contribution in [2.75, 3.05) is 5.32 Å². The third-order valence-electron chi connectivity index (χ3n) is 5.36. The average molecular weight is 454 g/mol. The summed E-state index contributed by atoms with van der Waals surface area (Å²) >= 11 is 7.46. The van der Waals surface area contributed by atoms with E-state index in [4.69, 9.17) is 11.6 Å². The summed E-state index contributed by atoms with van der Waals surface area (Å²) < 4.78 is 2.90. The van der Waals surface area contributed by atoms with Gasteiger partial charge in [-0.1, -0.05) is 35.9 Å². The summed E-state index contributed by atoms with van der Waals surface area (Å²) in [5, 5.41) is 4.95. The maximum Gasteiger partial charge on any atom is 0.336 e. The number of hydrogen-bond acceptors (Lipinski definition) is 4. The zero-order valence-electron chi connectivity index (χ0n) is 17.2. The predicted octanol–water partition coefficient (Wildman–Crippen LogP) is 4.43. The SMILES string of the molecule is Cc1cccc(-n2c(=O)c3sccc3n(CC(=O)Nc3c(C)cccc3Cl)c2=O)c1C. The number of fused-ring (bicyclic) bond motifs is 1. The van der Waals surface area contributed by atoms with Crippen molar-refractivity contribution in [2.45, 2.75) is 27.3 Å². The molecule has 0 aliphatic heterocycles. The van der Waals surface area contributed by atoms with Gasteiger partial charge in [-0.15, -0.1) is 11.3 Å². The van der Waals surface area contributed by atoms with Crippen molar-refractivity contribution in [1.29, 1.82) is 0 Å². The molecule has 0 saturated carbocycles. The van der Waals surface area contributed by atoms with E-state index in [0.29, 0.717) is 26.6 Å². The first kappa shape index (κ1) is 21.1. The monoisotopic (exact) mass is 453 g/mol. The molecule has 0 saturated heterocycles. The lowest BCUT2D eigenvalue weighted by Crippen LogP contribution is -2.40. The number of hydrogen-bond donors (Lipinski definition) is 1. The molecular weight excluding hydrogens is 434 g/mol. The number of nitrogens with zero attached hydrogens (tertiary/aromatic N) is 2. The topological polar surface area (TPSA) is 73.1 Å². The van der Waals surface area contributed by atoms with Gasteiger partial charge in [0.15, 0.2) is 0 Å². The number of thiophene rings is 1. The summed E-state index contributed by atoms with van der Waals surface area (Å²) in [7, 11) is 0. The van der Waals surface area contributed by atoms with Gasteiger partial charge < -0.3 is 5.32 Å². The Labute approximate surface area is 187 Å². The van der Waals surface area contributed by atoms with Crippen LogP contribution in [0.3, 0.4) is 0 Å². The molecule has 158 valence electrons. The molecule has 0 bridgehead atoms. The van der Waals surface area contributed by atoms with Crippen molar-refractivity contribution >= 4 is 44.7 Å². The largest absolute Gasteiger partial charge is 0.336 e. The minimum atomic E-state index is -0.560. The first-order chi connectivity index (χ1) is 14.8. The normalized spacial score (nSPS) is 11.1. The number of aromatic nitrogens is 2. The number of rotatable bonds is 4. The Morgan fingerprint density at radius 1 is 1.03 bits per heavy atom. The predicted molar refractivity (Wildman–Crippen MR) is 126 cm³/mol. The van der Waals surface area contributed by atoms with E-state index < -0.39 is 11.6 Å². The number of carbonyl (C=O) groups is 1. The van der Waals surface area contributed by atoms with E-state index in [-0.39, 0.29) is 12.1 Å². The highest BCUT2D eigenvalue weighted by molar-refractivity contribution is 7.17. The van der Waals surface area contributed by atoms with E-state index in [0.717, 1.165) is 21.3 Å². The molecule has 6 nitrogen and oxygen atoms in total. The number of amides is 1. The number of halogens is 1. The van der Waals surface area contributed by atoms with Gasteiger partial charge >= 0.3 is 5.69 Å². The molecule has 8 heteroatoms. The molecule has 0 fully saturated rings. The van der Waals surface area contributed by atoms with Gasteiger partial charge in [-0.05, 0) is 61.0 Å². The van der Waals surface area contributed by atoms with Crippen LogP contribution in [0.25, 0.3) is 15.9 Å². The fourth-order valence-electron chi connectivity index (χ4n) is 3.54. The molecule has 0 atom stereocenters. The molecule has 0 aliphatic carbocycles. The molecule has 2 heterocycles. The van der Waals surface area contributed by atoms with Crippen molar-refractivity contribution in [2.24, 2.45) is 0 Å². The summed E-state index contributed by atoms with van der Waals surface area (Å²) in [5.74, 6) is -0.406. The molecule has 1 amide bonds. The van der Waals surface area contributed by atoms with Crippen LogP contribution in [0.4, 0.5) is 5.69 Å². The highest BCUT2D eigenvalue weighted by Crippen LogP contribution is 2.25. The minimum Gasteiger partial charge on any atom is -0.323 e. The highest BCUT2D eigenvalue weighted by atomic mass is 35.5. The van der Waals surface area contributed by atoms with Gasteiger partial charge in [0.05, 0.1) is 21.9 Å². The zero-order valence-corrected chi connectivity index (χ0v) is 18.8. The van der Waals surface area contributed by atoms with Crippen LogP contribution in [0.1, 0.15) is 16.7 Å². The lowest BCUT2D eigenvalue weighted by molar-refractivity contribution is -0.116. The number of anilines is 1. The van der Waals surface area contributed by atoms with Gasteiger partial charge in [-0.2, -0.15) is 0 Å². The molecule has 2 aromatic carbocycles. The first-order valence-corrected chi connectivity index (χ1v) is 10.9. The van der Waals surface area contributed by atoms with Gasteiger partial charge in [0.1, 0.15) is 11.2 Å². The lowest BCUT2D eigenvalue weighted by Gasteiger charge is -2.15. The molecule has 0 radical (unpaired) electrons. The van der Waals surface area contributed by atoms with Gasteiger partial charge in [0, 0.05) is 0 Å². The second-order valence-corrected chi connectivity index (χ2v) is 8.67. The number of aryl methyl sites for hydroxylation is 2. The van der Waals surface area contributed by atoms with Crippen LogP contribution in [-0.4, -0.2) is 15.0 Å². The van der Waals surface area contributed by atoms with Crippen LogP contribution in [0.5, 0.6) is 0 Å². The van der Waals surface area contributed by atoms with Crippen LogP contribution in [0, 0.1) is 20.8 Å². The Hall–Kier alpha value is -3.16. The second-order valence-electron chi connectivity index (χ2n) is 7.34. The van der Waals surface area contributed by atoms with E-state index in [9.17, 15) is 14.4 Å². The summed E-state index contributed by atoms with van der Waals surface area (Å²) in [5.41, 5.74) is 3.13. The van der Waals surface area contributed by atoms with Crippen molar-refractivity contribution in [3.8, 4) is 5.69 Å². The van der Waals surface area contributed by atoms with E-state index >= 15 is 0 Å². The summed E-state index contributed by atoms with van der Waals surface area (Å²) in [6, 6.07) is 12.5. The van der Waals surface area contributed by atoms with Crippen LogP contribution in [0.15, 0.2) is 57.4 Å². The summed E-state index contributed by atoms with van der Waals surface area (Å²) in [6.45, 7) is 5.38. The number of carbonyl (C=O) groups excluding carboxylic acids is 1. The van der Waals surface area contributed by atoms with Crippen molar-refractivity contribution < 1.29 is 4.79 Å². The van der Waals surface area contributed by atoms with Crippen LogP contribution < -0.4 is 16.6 Å². The maximum absolute atomic E-state index is 13.4. The highest BCUT2D eigenvalue weighted by Gasteiger charge is 2.19. The Morgan fingerprint density at radius 2 is 1.74 bits per heavy atom. The number of benzene rings is 2. The minimum absolute atomic E-state index is 0.248. The fourth-order valence-corrected chi connectivity index (χ4v) is 4.64. The quantitative estimate of drug-likeness (QED) is 0.496. The van der Waals surface area contributed by atoms with Crippen LogP contribution in [0.2, 0.25) is 5.02 Å².